The summed E-state index contributed by atoms with van der Waals surface area (Å²) in [6.07, 6.45) is 1.43. The summed E-state index contributed by atoms with van der Waals surface area (Å²) in [5.74, 6) is 0.744. The van der Waals surface area contributed by atoms with E-state index in [0.29, 0.717) is 64.7 Å². The van der Waals surface area contributed by atoms with Crippen LogP contribution in [0.4, 0.5) is 0 Å². The van der Waals surface area contributed by atoms with Gasteiger partial charge in [-0.15, -0.1) is 0 Å². The van der Waals surface area contributed by atoms with Crippen molar-refractivity contribution in [3.05, 3.63) is 51.9 Å². The van der Waals surface area contributed by atoms with E-state index in [0.717, 1.165) is 12.0 Å². The van der Waals surface area contributed by atoms with E-state index in [-0.39, 0.29) is 5.43 Å². The van der Waals surface area contributed by atoms with Crippen molar-refractivity contribution in [2.45, 2.75) is 26.7 Å². The van der Waals surface area contributed by atoms with Crippen molar-refractivity contribution in [2.75, 3.05) is 19.8 Å². The second-order valence-electron chi connectivity index (χ2n) is 7.09. The van der Waals surface area contributed by atoms with Crippen molar-refractivity contribution in [3.63, 3.8) is 0 Å². The Labute approximate surface area is 172 Å². The number of rotatable bonds is 6. The minimum atomic E-state index is -1.32. The van der Waals surface area contributed by atoms with E-state index in [9.17, 15) is 14.7 Å². The summed E-state index contributed by atoms with van der Waals surface area (Å²) in [5.41, 5.74) is 2.05. The second kappa shape index (κ2) is 8.10. The molecule has 0 aliphatic carbocycles. The average molecular weight is 409 g/mol. The fourth-order valence-corrected chi connectivity index (χ4v) is 3.65. The maximum Gasteiger partial charge on any atom is 0.200 e. The molecule has 0 amide bonds. The fourth-order valence-electron chi connectivity index (χ4n) is 3.65. The molecule has 0 radical (unpaired) electrons. The highest BCUT2D eigenvalue weighted by molar-refractivity contribution is 5.85. The third-order valence-electron chi connectivity index (χ3n) is 4.95. The lowest BCUT2D eigenvalue weighted by Gasteiger charge is -2.19. The number of carboxylic acids is 1. The first kappa shape index (κ1) is 19.8. The second-order valence-corrected chi connectivity index (χ2v) is 7.09. The van der Waals surface area contributed by atoms with E-state index in [4.69, 9.17) is 18.6 Å². The Bertz CT molecular complexity index is 1180. The fraction of sp³-hybridized carbons (Fsp3) is 0.304. The van der Waals surface area contributed by atoms with Crippen molar-refractivity contribution < 1.29 is 28.5 Å². The maximum atomic E-state index is 13.4. The highest BCUT2D eigenvalue weighted by atomic mass is 16.6. The summed E-state index contributed by atoms with van der Waals surface area (Å²) < 4.78 is 22.5. The van der Waals surface area contributed by atoms with E-state index < -0.39 is 12.6 Å². The average Bonchev–Trinajstić information content (AvgIpc) is 2.73. The number of benzene rings is 2. The zero-order valence-electron chi connectivity index (χ0n) is 16.8. The van der Waals surface area contributed by atoms with E-state index in [2.05, 4.69) is 0 Å². The largest absolute Gasteiger partial charge is 0.546 e. The number of ether oxygens (including phenoxy) is 3. The van der Waals surface area contributed by atoms with E-state index in [1.165, 1.54) is 0 Å². The SMILES string of the molecule is CCCc1cc2c(=O)c(-c3ccc4c(c3)OCCO4)c(C)oc2cc1OCC(=O)[O-]. The molecule has 1 aliphatic rings. The molecule has 4 rings (SSSR count). The Balaban J connectivity index is 1.85. The lowest BCUT2D eigenvalue weighted by molar-refractivity contribution is -0.307. The number of hydrogen-bond acceptors (Lipinski definition) is 7. The van der Waals surface area contributed by atoms with Crippen LogP contribution in [0.2, 0.25) is 0 Å². The smallest absolute Gasteiger partial charge is 0.200 e. The highest BCUT2D eigenvalue weighted by Gasteiger charge is 2.19. The van der Waals surface area contributed by atoms with Crippen LogP contribution in [-0.4, -0.2) is 25.8 Å². The molecule has 1 aromatic heterocycles. The zero-order chi connectivity index (χ0) is 21.3. The molecule has 30 heavy (non-hydrogen) atoms. The number of carbonyl (C=O) groups is 1. The molecular weight excluding hydrogens is 388 g/mol. The van der Waals surface area contributed by atoms with Gasteiger partial charge < -0.3 is 28.5 Å². The molecular formula is C23H21O7-. The van der Waals surface area contributed by atoms with Gasteiger partial charge in [0.05, 0.1) is 16.9 Å². The molecule has 0 bridgehead atoms. The van der Waals surface area contributed by atoms with Gasteiger partial charge in [0.25, 0.3) is 0 Å². The standard InChI is InChI=1S/C23H22O7/c1-3-4-14-9-16-19(11-18(14)29-12-21(24)25)30-13(2)22(23(16)26)15-5-6-17-20(10-15)28-8-7-27-17/h5-6,9-11H,3-4,7-8,12H2,1-2H3,(H,24,25)/p-1. The lowest BCUT2D eigenvalue weighted by atomic mass is 9.99. The summed E-state index contributed by atoms with van der Waals surface area (Å²) >= 11 is 0. The molecule has 2 aromatic carbocycles. The molecule has 0 fully saturated rings. The van der Waals surface area contributed by atoms with Gasteiger partial charge >= 0.3 is 0 Å². The van der Waals surface area contributed by atoms with Gasteiger partial charge in [0.1, 0.15) is 36.9 Å². The quantitative estimate of drug-likeness (QED) is 0.617. The van der Waals surface area contributed by atoms with Crippen LogP contribution in [0, 0.1) is 6.92 Å². The van der Waals surface area contributed by atoms with Gasteiger partial charge in [-0.25, -0.2) is 0 Å². The molecule has 0 spiro atoms. The molecule has 0 unspecified atom stereocenters. The monoisotopic (exact) mass is 409 g/mol. The number of carboxylic acid groups (broad SMARTS) is 1. The molecule has 0 atom stereocenters. The summed E-state index contributed by atoms with van der Waals surface area (Å²) in [5, 5.41) is 11.2. The van der Waals surface area contributed by atoms with Gasteiger partial charge in [0, 0.05) is 6.07 Å². The highest BCUT2D eigenvalue weighted by Crippen LogP contribution is 2.36. The van der Waals surface area contributed by atoms with Crippen LogP contribution in [-0.2, 0) is 11.2 Å². The molecule has 1 aliphatic heterocycles. The molecule has 0 saturated heterocycles. The molecule has 2 heterocycles. The summed E-state index contributed by atoms with van der Waals surface area (Å²) in [6.45, 7) is 4.09. The van der Waals surface area contributed by atoms with Crippen molar-refractivity contribution in [2.24, 2.45) is 0 Å². The van der Waals surface area contributed by atoms with Gasteiger partial charge in [0.2, 0.25) is 5.43 Å². The van der Waals surface area contributed by atoms with Crippen LogP contribution < -0.4 is 24.7 Å². The molecule has 0 saturated carbocycles. The van der Waals surface area contributed by atoms with Crippen LogP contribution in [0.5, 0.6) is 17.2 Å². The van der Waals surface area contributed by atoms with E-state index >= 15 is 0 Å². The molecule has 3 aromatic rings. The Morgan fingerprint density at radius 1 is 1.13 bits per heavy atom. The van der Waals surface area contributed by atoms with Crippen LogP contribution in [0.15, 0.2) is 39.5 Å². The summed E-state index contributed by atoms with van der Waals surface area (Å²) in [7, 11) is 0. The van der Waals surface area contributed by atoms with Crippen molar-refractivity contribution >= 4 is 16.9 Å². The van der Waals surface area contributed by atoms with Gasteiger partial charge in [-0.1, -0.05) is 19.4 Å². The summed E-state index contributed by atoms with van der Waals surface area (Å²) in [6, 6.07) is 8.67. The normalized spacial score (nSPS) is 12.7. The van der Waals surface area contributed by atoms with Crippen molar-refractivity contribution in [1.82, 2.24) is 0 Å². The van der Waals surface area contributed by atoms with Crippen LogP contribution in [0.25, 0.3) is 22.1 Å². The van der Waals surface area contributed by atoms with Gasteiger partial charge in [0.15, 0.2) is 11.5 Å². The summed E-state index contributed by atoms with van der Waals surface area (Å²) in [4.78, 5) is 24.2. The number of aryl methyl sites for hydroxylation is 2. The van der Waals surface area contributed by atoms with Gasteiger partial charge in [-0.05, 0) is 42.7 Å². The van der Waals surface area contributed by atoms with Gasteiger partial charge in [-0.2, -0.15) is 0 Å². The van der Waals surface area contributed by atoms with Crippen LogP contribution in [0.1, 0.15) is 24.7 Å². The molecule has 7 heteroatoms. The number of carbonyl (C=O) groups excluding carboxylic acids is 1. The first-order chi connectivity index (χ1) is 14.5. The Kier molecular flexibility index (Phi) is 5.35. The third kappa shape index (κ3) is 3.70. The van der Waals surface area contributed by atoms with Gasteiger partial charge in [-0.3, -0.25) is 4.79 Å². The predicted octanol–water partition coefficient (Wildman–Crippen LogP) is 2.62. The maximum absolute atomic E-state index is 13.4. The number of hydrogen-bond donors (Lipinski definition) is 0. The Morgan fingerprint density at radius 2 is 1.90 bits per heavy atom. The van der Waals surface area contributed by atoms with Crippen LogP contribution in [0.3, 0.4) is 0 Å². The molecule has 0 N–H and O–H groups in total. The Hall–Kier alpha value is -3.48. The topological polar surface area (TPSA) is 98.0 Å². The van der Waals surface area contributed by atoms with Crippen molar-refractivity contribution in [3.8, 4) is 28.4 Å². The first-order valence-electron chi connectivity index (χ1n) is 9.81. The lowest BCUT2D eigenvalue weighted by Crippen LogP contribution is -2.29. The minimum absolute atomic E-state index is 0.172. The van der Waals surface area contributed by atoms with Crippen LogP contribution >= 0.6 is 0 Å². The predicted molar refractivity (Wildman–Crippen MR) is 108 cm³/mol. The van der Waals surface area contributed by atoms with Crippen molar-refractivity contribution in [1.29, 1.82) is 0 Å². The number of fused-ring (bicyclic) bond motifs is 2. The van der Waals surface area contributed by atoms with E-state index in [1.807, 2.05) is 13.0 Å². The minimum Gasteiger partial charge on any atom is -0.546 e. The first-order valence-corrected chi connectivity index (χ1v) is 9.81. The molecule has 7 nitrogen and oxygen atoms in total. The zero-order valence-corrected chi connectivity index (χ0v) is 16.8. The Morgan fingerprint density at radius 3 is 2.63 bits per heavy atom. The van der Waals surface area contributed by atoms with E-state index in [1.54, 1.807) is 31.2 Å². The number of aliphatic carboxylic acids is 1. The third-order valence-corrected chi connectivity index (χ3v) is 4.95. The molecule has 156 valence electrons.